The molecule has 0 heterocycles. The molecule has 2 aromatic rings. The quantitative estimate of drug-likeness (QED) is 0.851. The van der Waals surface area contributed by atoms with E-state index in [0.717, 1.165) is 12.8 Å². The smallest absolute Gasteiger partial charge is 0.224 e. The summed E-state index contributed by atoms with van der Waals surface area (Å²) in [7, 11) is 0. The molecule has 0 spiro atoms. The topological polar surface area (TPSA) is 29.1 Å². The van der Waals surface area contributed by atoms with E-state index in [2.05, 4.69) is 17.4 Å². The lowest BCUT2D eigenvalue weighted by atomic mass is 10.1. The fraction of sp³-hybridized carbons (Fsp3) is 0.278. The molecule has 0 aliphatic carbocycles. The van der Waals surface area contributed by atoms with Gasteiger partial charge in [0, 0.05) is 16.6 Å². The van der Waals surface area contributed by atoms with E-state index in [1.54, 1.807) is 6.07 Å². The van der Waals surface area contributed by atoms with Crippen molar-refractivity contribution in [3.05, 3.63) is 70.5 Å². The first-order valence-corrected chi connectivity index (χ1v) is 7.70. The monoisotopic (exact) mass is 319 g/mol. The van der Waals surface area contributed by atoms with Crippen LogP contribution < -0.4 is 5.32 Å². The van der Waals surface area contributed by atoms with Crippen LogP contribution >= 0.6 is 11.6 Å². The normalized spacial score (nSPS) is 12.0. The summed E-state index contributed by atoms with van der Waals surface area (Å²) in [6, 6.07) is 14.6. The van der Waals surface area contributed by atoms with Gasteiger partial charge in [0.1, 0.15) is 5.82 Å². The van der Waals surface area contributed by atoms with E-state index in [4.69, 9.17) is 11.6 Å². The lowest BCUT2D eigenvalue weighted by molar-refractivity contribution is -0.121. The number of carbonyl (C=O) groups is 1. The number of halogens is 2. The van der Waals surface area contributed by atoms with Crippen LogP contribution in [0.2, 0.25) is 5.02 Å². The number of hydrogen-bond donors (Lipinski definition) is 1. The van der Waals surface area contributed by atoms with Gasteiger partial charge in [0.25, 0.3) is 0 Å². The second-order valence-corrected chi connectivity index (χ2v) is 5.78. The Morgan fingerprint density at radius 1 is 1.18 bits per heavy atom. The van der Waals surface area contributed by atoms with Crippen LogP contribution in [0.15, 0.2) is 48.5 Å². The van der Waals surface area contributed by atoms with Gasteiger partial charge < -0.3 is 5.32 Å². The molecule has 0 radical (unpaired) electrons. The maximum atomic E-state index is 13.7. The average molecular weight is 320 g/mol. The standard InChI is InChI=1S/C18H19ClFNO/c1-13(10-11-14-6-3-2-4-7-14)21-18(22)12-15-16(19)8-5-9-17(15)20/h2-9,13H,10-12H2,1H3,(H,21,22)/t13-/m0/s1. The predicted octanol–water partition coefficient (Wildman–Crippen LogP) is 4.16. The SMILES string of the molecule is C[C@@H](CCc1ccccc1)NC(=O)Cc1c(F)cccc1Cl. The highest BCUT2D eigenvalue weighted by Gasteiger charge is 2.13. The first-order chi connectivity index (χ1) is 10.6. The van der Waals surface area contributed by atoms with Gasteiger partial charge in [-0.2, -0.15) is 0 Å². The molecule has 0 aromatic heterocycles. The van der Waals surface area contributed by atoms with Crippen LogP contribution in [0.4, 0.5) is 4.39 Å². The van der Waals surface area contributed by atoms with Gasteiger partial charge in [-0.25, -0.2) is 4.39 Å². The molecule has 116 valence electrons. The molecule has 0 fully saturated rings. The molecular formula is C18H19ClFNO. The van der Waals surface area contributed by atoms with Gasteiger partial charge in [-0.3, -0.25) is 4.79 Å². The van der Waals surface area contributed by atoms with E-state index in [9.17, 15) is 9.18 Å². The Morgan fingerprint density at radius 2 is 1.91 bits per heavy atom. The Morgan fingerprint density at radius 3 is 2.59 bits per heavy atom. The lowest BCUT2D eigenvalue weighted by Gasteiger charge is -2.14. The van der Waals surface area contributed by atoms with E-state index >= 15 is 0 Å². The summed E-state index contributed by atoms with van der Waals surface area (Å²) < 4.78 is 13.7. The molecule has 0 bridgehead atoms. The van der Waals surface area contributed by atoms with Crippen LogP contribution in [0, 0.1) is 5.82 Å². The van der Waals surface area contributed by atoms with Crippen molar-refractivity contribution in [3.8, 4) is 0 Å². The van der Waals surface area contributed by atoms with E-state index < -0.39 is 5.82 Å². The zero-order valence-electron chi connectivity index (χ0n) is 12.5. The third-order valence-electron chi connectivity index (χ3n) is 3.52. The predicted molar refractivity (Wildman–Crippen MR) is 87.5 cm³/mol. The number of rotatable bonds is 6. The summed E-state index contributed by atoms with van der Waals surface area (Å²) in [5.74, 6) is -0.660. The van der Waals surface area contributed by atoms with Gasteiger partial charge in [-0.05, 0) is 37.5 Å². The van der Waals surface area contributed by atoms with E-state index in [-0.39, 0.29) is 29.0 Å². The number of hydrogen-bond acceptors (Lipinski definition) is 1. The molecule has 0 unspecified atom stereocenters. The minimum atomic E-state index is -0.445. The third-order valence-corrected chi connectivity index (χ3v) is 3.87. The minimum absolute atomic E-state index is 0.0262. The number of benzene rings is 2. The third kappa shape index (κ3) is 4.85. The molecule has 2 rings (SSSR count). The van der Waals surface area contributed by atoms with Crippen LogP contribution in [0.3, 0.4) is 0 Å². The van der Waals surface area contributed by atoms with Crippen LogP contribution in [-0.2, 0) is 17.6 Å². The summed E-state index contributed by atoms with van der Waals surface area (Å²) in [6.45, 7) is 1.95. The molecule has 0 saturated heterocycles. The number of aryl methyl sites for hydroxylation is 1. The van der Waals surface area contributed by atoms with Crippen molar-refractivity contribution in [3.63, 3.8) is 0 Å². The van der Waals surface area contributed by atoms with Gasteiger partial charge in [-0.15, -0.1) is 0 Å². The molecular weight excluding hydrogens is 301 g/mol. The van der Waals surface area contributed by atoms with Crippen molar-refractivity contribution in [1.82, 2.24) is 5.32 Å². The van der Waals surface area contributed by atoms with Crippen molar-refractivity contribution in [2.24, 2.45) is 0 Å². The highest BCUT2D eigenvalue weighted by molar-refractivity contribution is 6.31. The molecule has 4 heteroatoms. The Balaban J connectivity index is 1.84. The van der Waals surface area contributed by atoms with Crippen LogP contribution in [0.25, 0.3) is 0 Å². The molecule has 22 heavy (non-hydrogen) atoms. The summed E-state index contributed by atoms with van der Waals surface area (Å²) >= 11 is 5.93. The van der Waals surface area contributed by atoms with Gasteiger partial charge in [0.05, 0.1) is 6.42 Å². The molecule has 1 N–H and O–H groups in total. The van der Waals surface area contributed by atoms with Gasteiger partial charge >= 0.3 is 0 Å². The fourth-order valence-corrected chi connectivity index (χ4v) is 2.52. The van der Waals surface area contributed by atoms with Crippen molar-refractivity contribution in [1.29, 1.82) is 0 Å². The van der Waals surface area contributed by atoms with Gasteiger partial charge in [-0.1, -0.05) is 48.0 Å². The molecule has 0 saturated carbocycles. The molecule has 0 aliphatic rings. The lowest BCUT2D eigenvalue weighted by Crippen LogP contribution is -2.34. The summed E-state index contributed by atoms with van der Waals surface area (Å²) in [6.07, 6.45) is 1.69. The first kappa shape index (κ1) is 16.5. The molecule has 2 nitrogen and oxygen atoms in total. The number of carbonyl (C=O) groups excluding carboxylic acids is 1. The first-order valence-electron chi connectivity index (χ1n) is 7.32. The zero-order valence-corrected chi connectivity index (χ0v) is 13.2. The van der Waals surface area contributed by atoms with Gasteiger partial charge in [0.2, 0.25) is 5.91 Å². The molecule has 1 atom stereocenters. The van der Waals surface area contributed by atoms with Gasteiger partial charge in [0.15, 0.2) is 0 Å². The maximum Gasteiger partial charge on any atom is 0.224 e. The Hall–Kier alpha value is -1.87. The highest BCUT2D eigenvalue weighted by atomic mass is 35.5. The largest absolute Gasteiger partial charge is 0.353 e. The number of amides is 1. The summed E-state index contributed by atoms with van der Waals surface area (Å²) in [5.41, 5.74) is 1.48. The fourth-order valence-electron chi connectivity index (χ4n) is 2.29. The van der Waals surface area contributed by atoms with E-state index in [0.29, 0.717) is 0 Å². The Kier molecular flexibility index (Phi) is 5.96. The van der Waals surface area contributed by atoms with Crippen LogP contribution in [0.5, 0.6) is 0 Å². The Labute approximate surface area is 135 Å². The second-order valence-electron chi connectivity index (χ2n) is 5.37. The van der Waals surface area contributed by atoms with Crippen molar-refractivity contribution < 1.29 is 9.18 Å². The van der Waals surface area contributed by atoms with E-state index in [1.807, 2.05) is 25.1 Å². The van der Waals surface area contributed by atoms with Crippen LogP contribution in [-0.4, -0.2) is 11.9 Å². The zero-order chi connectivity index (χ0) is 15.9. The maximum absolute atomic E-state index is 13.7. The van der Waals surface area contributed by atoms with Crippen LogP contribution in [0.1, 0.15) is 24.5 Å². The average Bonchev–Trinajstić information content (AvgIpc) is 2.50. The van der Waals surface area contributed by atoms with Crippen molar-refractivity contribution in [2.75, 3.05) is 0 Å². The Bertz CT molecular complexity index is 610. The number of nitrogens with one attached hydrogen (secondary N) is 1. The molecule has 0 aliphatic heterocycles. The molecule has 1 amide bonds. The second kappa shape index (κ2) is 7.95. The van der Waals surface area contributed by atoms with Crippen molar-refractivity contribution >= 4 is 17.5 Å². The summed E-state index contributed by atoms with van der Waals surface area (Å²) in [4.78, 5) is 12.0. The van der Waals surface area contributed by atoms with E-state index in [1.165, 1.54) is 17.7 Å². The molecule has 2 aromatic carbocycles. The minimum Gasteiger partial charge on any atom is -0.353 e. The van der Waals surface area contributed by atoms with Crippen molar-refractivity contribution in [2.45, 2.75) is 32.2 Å². The summed E-state index contributed by atoms with van der Waals surface area (Å²) in [5, 5.41) is 3.17. The highest BCUT2D eigenvalue weighted by Crippen LogP contribution is 2.19.